The fourth-order valence-corrected chi connectivity index (χ4v) is 5.83. The Hall–Kier alpha value is -3.37. The van der Waals surface area contributed by atoms with Crippen LogP contribution in [0.1, 0.15) is 24.3 Å². The number of hydrogen-bond acceptors (Lipinski definition) is 3. The predicted octanol–water partition coefficient (Wildman–Crippen LogP) is 8.42. The van der Waals surface area contributed by atoms with E-state index in [1.54, 1.807) is 6.20 Å². The van der Waals surface area contributed by atoms with Gasteiger partial charge >= 0.3 is 0 Å². The molecule has 0 aliphatic heterocycles. The molecule has 1 aliphatic rings. The van der Waals surface area contributed by atoms with Crippen molar-refractivity contribution >= 4 is 35.2 Å². The van der Waals surface area contributed by atoms with Crippen LogP contribution >= 0.6 is 0 Å². The number of pyridine rings is 2. The molecule has 0 atom stereocenters. The van der Waals surface area contributed by atoms with Crippen LogP contribution in [-0.2, 0) is 20.1 Å². The van der Waals surface area contributed by atoms with Gasteiger partial charge in [-0.05, 0) is 47.8 Å². The molecule has 0 amide bonds. The first-order valence-corrected chi connectivity index (χ1v) is 16.7. The molecule has 5 heteroatoms. The molecule has 0 spiro atoms. The van der Waals surface area contributed by atoms with Crippen LogP contribution in [0, 0.1) is 12.1 Å². The summed E-state index contributed by atoms with van der Waals surface area (Å²) >= 11 is 0. The first-order valence-electron chi connectivity index (χ1n) is 13.2. The monoisotopic (exact) mass is 703 g/mol. The summed E-state index contributed by atoms with van der Waals surface area (Å²) in [7, 11) is -1.36. The maximum Gasteiger partial charge on any atom is 0.120 e. The maximum atomic E-state index is 6.22. The normalized spacial score (nSPS) is 13.0. The van der Waals surface area contributed by atoms with Gasteiger partial charge in [0.1, 0.15) is 5.58 Å². The number of furan rings is 1. The Kier molecular flexibility index (Phi) is 7.95. The molecule has 0 bridgehead atoms. The van der Waals surface area contributed by atoms with Crippen molar-refractivity contribution < 1.29 is 24.5 Å². The number of benzene rings is 3. The molecule has 3 aromatic heterocycles. The quantitative estimate of drug-likeness (QED) is 0.137. The molecule has 1 fully saturated rings. The van der Waals surface area contributed by atoms with Crippen molar-refractivity contribution in [1.29, 1.82) is 0 Å². The molecule has 1 aliphatic carbocycles. The van der Waals surface area contributed by atoms with Gasteiger partial charge in [0.2, 0.25) is 0 Å². The van der Waals surface area contributed by atoms with Gasteiger partial charge in [-0.1, -0.05) is 72.2 Å². The molecule has 39 heavy (non-hydrogen) atoms. The van der Waals surface area contributed by atoms with Crippen LogP contribution in [0.4, 0.5) is 0 Å². The summed E-state index contributed by atoms with van der Waals surface area (Å²) < 4.78 is 6.22. The Morgan fingerprint density at radius 1 is 0.795 bits per heavy atom. The van der Waals surface area contributed by atoms with E-state index in [-0.39, 0.29) is 20.1 Å². The predicted molar refractivity (Wildman–Crippen MR) is 159 cm³/mol. The second-order valence-corrected chi connectivity index (χ2v) is 16.0. The Balaban J connectivity index is 0.000000167. The number of fused-ring (bicyclic) bond motifs is 3. The average molecular weight is 703 g/mol. The fraction of sp³-hybridized carbons (Fsp3) is 0.176. The number of aromatic nitrogens is 2. The van der Waals surface area contributed by atoms with Crippen LogP contribution in [0.3, 0.4) is 0 Å². The number of hydrogen-bond donors (Lipinski definition) is 0. The summed E-state index contributed by atoms with van der Waals surface area (Å²) in [4.78, 5) is 8.92. The molecule has 0 saturated heterocycles. The van der Waals surface area contributed by atoms with Gasteiger partial charge in [-0.15, -0.1) is 54.1 Å². The largest absolute Gasteiger partial charge is 0.501 e. The first-order chi connectivity index (χ1) is 18.5. The zero-order chi connectivity index (χ0) is 26.1. The zero-order valence-electron chi connectivity index (χ0n) is 22.4. The molecule has 3 nitrogen and oxygen atoms in total. The van der Waals surface area contributed by atoms with E-state index >= 15 is 0 Å². The van der Waals surface area contributed by atoms with E-state index in [0.29, 0.717) is 0 Å². The van der Waals surface area contributed by atoms with E-state index in [1.807, 2.05) is 54.7 Å². The third-order valence-electron chi connectivity index (χ3n) is 7.04. The molecule has 197 valence electrons. The molecule has 1 saturated carbocycles. The van der Waals surface area contributed by atoms with Crippen molar-refractivity contribution in [3.8, 4) is 22.5 Å². The van der Waals surface area contributed by atoms with Crippen molar-refractivity contribution in [2.45, 2.75) is 38.4 Å². The average Bonchev–Trinajstić information content (AvgIpc) is 3.74. The molecular formula is C34H30IrN2OSi-2. The van der Waals surface area contributed by atoms with E-state index in [0.717, 1.165) is 50.4 Å². The summed E-state index contributed by atoms with van der Waals surface area (Å²) in [5, 5.41) is 3.70. The van der Waals surface area contributed by atoms with Crippen LogP contribution in [-0.4, -0.2) is 18.0 Å². The first kappa shape index (κ1) is 27.2. The van der Waals surface area contributed by atoms with Gasteiger partial charge in [-0.3, -0.25) is 0 Å². The second kappa shape index (κ2) is 11.4. The standard InChI is InChI=1S/C20H18NOSi.C14H12N.Ir/c1-23(2,3)14-10-11-15-16-7-6-8-17(18-9-4-5-12-21-18)20(16)22-19(15)13-14;1-2-4-12(5-3-1)14-9-8-13(10-15-14)11-6-7-11;/h4-7,9-13H,1-3H3;1-4,8-11H,6-7H2;/q2*-1;. The van der Waals surface area contributed by atoms with Crippen molar-refractivity contribution in [3.05, 3.63) is 115 Å². The fourth-order valence-electron chi connectivity index (χ4n) is 4.68. The van der Waals surface area contributed by atoms with Crippen LogP contribution in [0.2, 0.25) is 19.6 Å². The minimum atomic E-state index is -1.36. The van der Waals surface area contributed by atoms with Crippen LogP contribution in [0.25, 0.3) is 44.5 Å². The van der Waals surface area contributed by atoms with Crippen LogP contribution in [0.15, 0.2) is 102 Å². The summed E-state index contributed by atoms with van der Waals surface area (Å²) in [6.45, 7) is 7.05. The Bertz CT molecular complexity index is 1690. The van der Waals surface area contributed by atoms with Crippen molar-refractivity contribution in [1.82, 2.24) is 9.97 Å². The van der Waals surface area contributed by atoms with Crippen molar-refractivity contribution in [2.24, 2.45) is 0 Å². The van der Waals surface area contributed by atoms with Gasteiger partial charge in [0.05, 0.1) is 13.7 Å². The summed E-state index contributed by atoms with van der Waals surface area (Å²) in [5.41, 5.74) is 7.11. The molecular weight excluding hydrogens is 673 g/mol. The van der Waals surface area contributed by atoms with Gasteiger partial charge in [0, 0.05) is 37.9 Å². The SMILES string of the molecule is C[Si](C)(C)c1ccc2c(c1)oc1c(-c3ccccn3)[c-]ccc12.[Ir].[c-]1ccccc1-c1ccc(C2CC2)cn1. The van der Waals surface area contributed by atoms with Gasteiger partial charge in [0.25, 0.3) is 0 Å². The summed E-state index contributed by atoms with van der Waals surface area (Å²) in [6.07, 6.45) is 6.47. The Morgan fingerprint density at radius 2 is 1.64 bits per heavy atom. The minimum absolute atomic E-state index is 0. The van der Waals surface area contributed by atoms with Crippen molar-refractivity contribution in [2.75, 3.05) is 0 Å². The topological polar surface area (TPSA) is 38.9 Å². The van der Waals surface area contributed by atoms with Gasteiger partial charge in [0.15, 0.2) is 0 Å². The molecule has 0 N–H and O–H groups in total. The Labute approximate surface area is 244 Å². The number of rotatable bonds is 4. The molecule has 1 radical (unpaired) electrons. The van der Waals surface area contributed by atoms with Crippen LogP contribution < -0.4 is 5.19 Å². The maximum absolute atomic E-state index is 6.22. The van der Waals surface area contributed by atoms with Crippen molar-refractivity contribution in [3.63, 3.8) is 0 Å². The van der Waals surface area contributed by atoms with E-state index in [4.69, 9.17) is 4.42 Å². The number of nitrogens with zero attached hydrogens (tertiary/aromatic N) is 2. The summed E-state index contributed by atoms with van der Waals surface area (Å²) in [5.74, 6) is 0.784. The van der Waals surface area contributed by atoms with E-state index < -0.39 is 8.07 Å². The Morgan fingerprint density at radius 3 is 2.31 bits per heavy atom. The summed E-state index contributed by atoms with van der Waals surface area (Å²) in [6, 6.07) is 35.3. The van der Waals surface area contributed by atoms with Gasteiger partial charge in [-0.2, -0.15) is 0 Å². The van der Waals surface area contributed by atoms with Gasteiger partial charge in [-0.25, -0.2) is 0 Å². The van der Waals surface area contributed by atoms with E-state index in [9.17, 15) is 0 Å². The third kappa shape index (κ3) is 5.96. The second-order valence-electron chi connectivity index (χ2n) is 10.9. The molecule has 7 rings (SSSR count). The zero-order valence-corrected chi connectivity index (χ0v) is 25.8. The third-order valence-corrected chi connectivity index (χ3v) is 9.08. The molecule has 3 heterocycles. The van der Waals surface area contributed by atoms with Crippen LogP contribution in [0.5, 0.6) is 0 Å². The van der Waals surface area contributed by atoms with E-state index in [1.165, 1.54) is 23.6 Å². The molecule has 3 aromatic carbocycles. The van der Waals surface area contributed by atoms with Gasteiger partial charge < -0.3 is 14.4 Å². The minimum Gasteiger partial charge on any atom is -0.501 e. The molecule has 0 unspecified atom stereocenters. The van der Waals surface area contributed by atoms with E-state index in [2.05, 4.69) is 78.1 Å². The molecule has 6 aromatic rings. The smallest absolute Gasteiger partial charge is 0.120 e.